The Kier molecular flexibility index (Phi) is 8.60. The van der Waals surface area contributed by atoms with Gasteiger partial charge in [0.05, 0.1) is 4.90 Å². The fourth-order valence-corrected chi connectivity index (χ4v) is 6.09. The minimum Gasteiger partial charge on any atom is -0.484 e. The van der Waals surface area contributed by atoms with Crippen LogP contribution in [0.4, 0.5) is 0 Å². The Bertz CT molecular complexity index is 1430. The lowest BCUT2D eigenvalue weighted by Gasteiger charge is -2.27. The number of rotatable bonds is 10. The lowest BCUT2D eigenvalue weighted by Crippen LogP contribution is -2.33. The molecule has 0 aromatic heterocycles. The summed E-state index contributed by atoms with van der Waals surface area (Å²) in [5.41, 5.74) is 0.935. The number of fused-ring (bicyclic) bond motifs is 1. The maximum atomic E-state index is 13.2. The number of hydrogen-bond acceptors (Lipinski definition) is 6. The van der Waals surface area contributed by atoms with Crippen LogP contribution >= 0.6 is 11.8 Å². The maximum absolute atomic E-state index is 13.2. The molecule has 1 unspecified atom stereocenters. The molecular weight excluding hydrogens is 502 g/mol. The highest BCUT2D eigenvalue weighted by Gasteiger charge is 2.27. The summed E-state index contributed by atoms with van der Waals surface area (Å²) >= 11 is 1.73. The van der Waals surface area contributed by atoms with Crippen LogP contribution in [-0.4, -0.2) is 26.4 Å². The average molecular weight is 536 g/mol. The second-order valence-electron chi connectivity index (χ2n) is 9.75. The second-order valence-corrected chi connectivity index (χ2v) is 13.2. The molecule has 37 heavy (non-hydrogen) atoms. The van der Waals surface area contributed by atoms with E-state index in [4.69, 9.17) is 8.92 Å². The molecule has 194 valence electrons. The van der Waals surface area contributed by atoms with Crippen LogP contribution < -0.4 is 10.1 Å². The summed E-state index contributed by atoms with van der Waals surface area (Å²) in [5, 5.41) is 4.83. The molecular formula is C30H33NO4S2. The quantitative estimate of drug-likeness (QED) is 0.132. The number of benzene rings is 4. The second kappa shape index (κ2) is 11.7. The van der Waals surface area contributed by atoms with Crippen molar-refractivity contribution < 1.29 is 17.3 Å². The fraction of sp³-hybridized carbons (Fsp3) is 0.267. The first kappa shape index (κ1) is 27.2. The summed E-state index contributed by atoms with van der Waals surface area (Å²) in [6.07, 6.45) is -0.960. The van der Waals surface area contributed by atoms with Crippen LogP contribution in [0.1, 0.15) is 38.9 Å². The molecule has 1 N–H and O–H groups in total. The van der Waals surface area contributed by atoms with E-state index in [9.17, 15) is 8.42 Å². The largest absolute Gasteiger partial charge is 0.484 e. The predicted molar refractivity (Wildman–Crippen MR) is 152 cm³/mol. The van der Waals surface area contributed by atoms with E-state index in [2.05, 4.69) is 26.1 Å². The van der Waals surface area contributed by atoms with Gasteiger partial charge in [0.1, 0.15) is 18.1 Å². The Morgan fingerprint density at radius 3 is 2.19 bits per heavy atom. The van der Waals surface area contributed by atoms with Gasteiger partial charge in [-0.1, -0.05) is 93.6 Å². The first-order chi connectivity index (χ1) is 17.6. The Morgan fingerprint density at radius 2 is 1.49 bits per heavy atom. The van der Waals surface area contributed by atoms with Gasteiger partial charge in [0.15, 0.2) is 0 Å². The summed E-state index contributed by atoms with van der Waals surface area (Å²) < 4.78 is 38.7. The predicted octanol–water partition coefficient (Wildman–Crippen LogP) is 7.19. The van der Waals surface area contributed by atoms with Crippen molar-refractivity contribution in [3.8, 4) is 5.75 Å². The third-order valence-electron chi connectivity index (χ3n) is 5.71. The summed E-state index contributed by atoms with van der Waals surface area (Å²) in [5.74, 6) is 0.753. The average Bonchev–Trinajstić information content (AvgIpc) is 2.88. The number of hydrogen-bond donors (Lipinski definition) is 1. The van der Waals surface area contributed by atoms with Gasteiger partial charge in [-0.2, -0.15) is 8.42 Å². The van der Waals surface area contributed by atoms with Crippen molar-refractivity contribution in [3.05, 3.63) is 103 Å². The molecule has 0 bridgehead atoms. The Balaban J connectivity index is 1.59. The first-order valence-electron chi connectivity index (χ1n) is 12.2. The SMILES string of the molecule is CNC(C[C@H](Oc1ccccc1SC(C)(C)C)c1ccccc1)OS(=O)(=O)c1ccc2ccccc2c1. The highest BCUT2D eigenvalue weighted by Crippen LogP contribution is 2.40. The lowest BCUT2D eigenvalue weighted by atomic mass is 10.1. The third-order valence-corrected chi connectivity index (χ3v) is 8.19. The van der Waals surface area contributed by atoms with Gasteiger partial charge < -0.3 is 4.74 Å². The molecule has 0 heterocycles. The summed E-state index contributed by atoms with van der Waals surface area (Å²) in [6, 6.07) is 30.4. The molecule has 5 nitrogen and oxygen atoms in total. The molecule has 0 aliphatic heterocycles. The van der Waals surface area contributed by atoms with Crippen molar-refractivity contribution in [2.45, 2.75) is 54.1 Å². The van der Waals surface area contributed by atoms with Crippen molar-refractivity contribution in [1.29, 1.82) is 0 Å². The van der Waals surface area contributed by atoms with Crippen LogP contribution in [0.15, 0.2) is 107 Å². The topological polar surface area (TPSA) is 64.6 Å². The van der Waals surface area contributed by atoms with Crippen molar-refractivity contribution in [1.82, 2.24) is 5.32 Å². The van der Waals surface area contributed by atoms with E-state index in [0.717, 1.165) is 27.0 Å². The van der Waals surface area contributed by atoms with Gasteiger partial charge in [0.25, 0.3) is 10.1 Å². The van der Waals surface area contributed by atoms with E-state index in [0.29, 0.717) is 0 Å². The highest BCUT2D eigenvalue weighted by atomic mass is 32.2. The van der Waals surface area contributed by atoms with Crippen molar-refractivity contribution in [2.75, 3.05) is 7.05 Å². The maximum Gasteiger partial charge on any atom is 0.298 e. The molecule has 0 aliphatic carbocycles. The number of ether oxygens (including phenoxy) is 1. The molecule has 0 saturated heterocycles. The van der Waals surface area contributed by atoms with Gasteiger partial charge in [-0.15, -0.1) is 11.8 Å². The van der Waals surface area contributed by atoms with E-state index in [1.165, 1.54) is 0 Å². The summed E-state index contributed by atoms with van der Waals surface area (Å²) in [7, 11) is -2.33. The van der Waals surface area contributed by atoms with Crippen LogP contribution in [0.3, 0.4) is 0 Å². The first-order valence-corrected chi connectivity index (χ1v) is 14.5. The Labute approximate surface area is 224 Å². The minimum absolute atomic E-state index is 0.00621. The molecule has 0 radical (unpaired) electrons. The molecule has 0 fully saturated rings. The Morgan fingerprint density at radius 1 is 0.838 bits per heavy atom. The summed E-state index contributed by atoms with van der Waals surface area (Å²) in [6.45, 7) is 6.48. The number of nitrogens with one attached hydrogen (secondary N) is 1. The van der Waals surface area contributed by atoms with Crippen LogP contribution in [-0.2, 0) is 14.3 Å². The fourth-order valence-electron chi connectivity index (χ4n) is 3.97. The molecule has 0 aliphatic rings. The van der Waals surface area contributed by atoms with Crippen LogP contribution in [0.5, 0.6) is 5.75 Å². The minimum atomic E-state index is -4.02. The standard InChI is InChI=1S/C30H33NO4S2/c1-30(2,3)36-28-17-11-10-16-26(28)34-27(23-13-6-5-7-14-23)21-29(31-4)35-37(32,33)25-19-18-22-12-8-9-15-24(22)20-25/h5-20,27,29,31H,21H2,1-4H3/t27-,29?/m0/s1. The molecule has 4 aromatic carbocycles. The monoisotopic (exact) mass is 535 g/mol. The van der Waals surface area contributed by atoms with Crippen molar-refractivity contribution >= 4 is 32.7 Å². The van der Waals surface area contributed by atoms with Crippen molar-refractivity contribution in [3.63, 3.8) is 0 Å². The van der Waals surface area contributed by atoms with Gasteiger partial charge >= 0.3 is 0 Å². The highest BCUT2D eigenvalue weighted by molar-refractivity contribution is 8.00. The summed E-state index contributed by atoms with van der Waals surface area (Å²) in [4.78, 5) is 1.15. The normalized spacial score (nSPS) is 13.8. The van der Waals surface area contributed by atoms with Gasteiger partial charge in [0, 0.05) is 16.1 Å². The smallest absolute Gasteiger partial charge is 0.298 e. The Hall–Kier alpha value is -2.84. The third kappa shape index (κ3) is 7.36. The van der Waals surface area contributed by atoms with Gasteiger partial charge in [-0.05, 0) is 47.6 Å². The van der Waals surface area contributed by atoms with E-state index < -0.39 is 22.4 Å². The van der Waals surface area contributed by atoms with Gasteiger partial charge in [0.2, 0.25) is 0 Å². The lowest BCUT2D eigenvalue weighted by molar-refractivity contribution is 0.0970. The molecule has 4 aromatic rings. The van der Waals surface area contributed by atoms with Crippen LogP contribution in [0, 0.1) is 0 Å². The molecule has 0 spiro atoms. The number of para-hydroxylation sites is 1. The zero-order valence-electron chi connectivity index (χ0n) is 21.5. The number of thioether (sulfide) groups is 1. The molecule has 4 rings (SSSR count). The van der Waals surface area contributed by atoms with E-state index in [1.54, 1.807) is 37.0 Å². The molecule has 0 saturated carbocycles. The van der Waals surface area contributed by atoms with Crippen LogP contribution in [0.2, 0.25) is 0 Å². The zero-order chi connectivity index (χ0) is 26.5. The van der Waals surface area contributed by atoms with E-state index in [-0.39, 0.29) is 16.1 Å². The van der Waals surface area contributed by atoms with E-state index in [1.807, 2.05) is 78.9 Å². The van der Waals surface area contributed by atoms with Gasteiger partial charge in [-0.25, -0.2) is 4.18 Å². The van der Waals surface area contributed by atoms with E-state index >= 15 is 0 Å². The zero-order valence-corrected chi connectivity index (χ0v) is 23.2. The molecule has 7 heteroatoms. The van der Waals surface area contributed by atoms with Crippen molar-refractivity contribution in [2.24, 2.45) is 0 Å². The molecule has 2 atom stereocenters. The molecule has 0 amide bonds. The van der Waals surface area contributed by atoms with Gasteiger partial charge in [-0.3, -0.25) is 5.32 Å². The van der Waals surface area contributed by atoms with Crippen LogP contribution in [0.25, 0.3) is 10.8 Å².